The number of carbonyl (C=O) groups is 2. The molecular formula is C6H10N2O2. The Balaban J connectivity index is 2.57. The number of nitrogens with one attached hydrogen (secondary N) is 2. The molecule has 1 unspecified atom stereocenters. The van der Waals surface area contributed by atoms with E-state index < -0.39 is 0 Å². The van der Waals surface area contributed by atoms with E-state index in [9.17, 15) is 9.59 Å². The fourth-order valence-electron chi connectivity index (χ4n) is 0.813. The monoisotopic (exact) mass is 142 g/mol. The maximum absolute atomic E-state index is 10.9. The molecule has 1 aliphatic rings. The Hall–Kier alpha value is -1.06. The summed E-state index contributed by atoms with van der Waals surface area (Å²) in [5.41, 5.74) is 0. The summed E-state index contributed by atoms with van der Waals surface area (Å²) in [5.74, 6) is -0.242. The SMILES string of the molecule is CC1CCNC(=O)NC1=O. The zero-order valence-electron chi connectivity index (χ0n) is 5.81. The molecule has 2 N–H and O–H groups in total. The molecule has 1 rings (SSSR count). The van der Waals surface area contributed by atoms with E-state index in [-0.39, 0.29) is 17.9 Å². The summed E-state index contributed by atoms with van der Waals surface area (Å²) in [7, 11) is 0. The zero-order chi connectivity index (χ0) is 7.56. The van der Waals surface area contributed by atoms with Crippen LogP contribution in [0.15, 0.2) is 0 Å². The Morgan fingerprint density at radius 3 is 2.90 bits per heavy atom. The number of hydrogen-bond acceptors (Lipinski definition) is 2. The Morgan fingerprint density at radius 2 is 2.20 bits per heavy atom. The molecule has 0 spiro atoms. The predicted molar refractivity (Wildman–Crippen MR) is 35.3 cm³/mol. The van der Waals surface area contributed by atoms with Crippen LogP contribution in [-0.4, -0.2) is 18.5 Å². The first kappa shape index (κ1) is 7.05. The Kier molecular flexibility index (Phi) is 1.89. The van der Waals surface area contributed by atoms with E-state index in [1.165, 1.54) is 0 Å². The molecule has 0 aromatic rings. The second-order valence-corrected chi connectivity index (χ2v) is 2.43. The highest BCUT2D eigenvalue weighted by molar-refractivity contribution is 5.95. The molecule has 0 aromatic carbocycles. The van der Waals surface area contributed by atoms with Gasteiger partial charge in [-0.3, -0.25) is 10.1 Å². The van der Waals surface area contributed by atoms with E-state index in [4.69, 9.17) is 0 Å². The van der Waals surface area contributed by atoms with Crippen molar-refractivity contribution in [2.75, 3.05) is 6.54 Å². The fourth-order valence-corrected chi connectivity index (χ4v) is 0.813. The zero-order valence-corrected chi connectivity index (χ0v) is 5.81. The highest BCUT2D eigenvalue weighted by Crippen LogP contribution is 2.02. The Morgan fingerprint density at radius 1 is 1.50 bits per heavy atom. The van der Waals surface area contributed by atoms with Crippen molar-refractivity contribution in [2.24, 2.45) is 5.92 Å². The van der Waals surface area contributed by atoms with Crippen LogP contribution in [0, 0.1) is 5.92 Å². The molecule has 56 valence electrons. The quantitative estimate of drug-likeness (QED) is 0.494. The average Bonchev–Trinajstić information content (AvgIpc) is 1.96. The largest absolute Gasteiger partial charge is 0.338 e. The number of amides is 3. The van der Waals surface area contributed by atoms with Gasteiger partial charge in [-0.2, -0.15) is 0 Å². The van der Waals surface area contributed by atoms with Crippen molar-refractivity contribution in [3.63, 3.8) is 0 Å². The summed E-state index contributed by atoms with van der Waals surface area (Å²) in [5, 5.41) is 4.74. The van der Waals surface area contributed by atoms with Crippen LogP contribution in [-0.2, 0) is 4.79 Å². The molecule has 1 heterocycles. The lowest BCUT2D eigenvalue weighted by atomic mass is 10.1. The lowest BCUT2D eigenvalue weighted by Crippen LogP contribution is -2.37. The lowest BCUT2D eigenvalue weighted by molar-refractivity contribution is -0.123. The van der Waals surface area contributed by atoms with Crippen molar-refractivity contribution in [1.29, 1.82) is 0 Å². The van der Waals surface area contributed by atoms with Crippen LogP contribution in [0.5, 0.6) is 0 Å². The Labute approximate surface area is 59.0 Å². The van der Waals surface area contributed by atoms with Crippen molar-refractivity contribution < 1.29 is 9.59 Å². The summed E-state index contributed by atoms with van der Waals surface area (Å²) in [4.78, 5) is 21.4. The molecule has 4 nitrogen and oxygen atoms in total. The molecule has 1 atom stereocenters. The summed E-state index contributed by atoms with van der Waals surface area (Å²) in [6.45, 7) is 2.38. The van der Waals surface area contributed by atoms with Gasteiger partial charge in [0.25, 0.3) is 0 Å². The summed E-state index contributed by atoms with van der Waals surface area (Å²) in [6.07, 6.45) is 0.720. The molecule has 1 fully saturated rings. The van der Waals surface area contributed by atoms with Crippen LogP contribution in [0.3, 0.4) is 0 Å². The van der Waals surface area contributed by atoms with E-state index in [2.05, 4.69) is 10.6 Å². The smallest absolute Gasteiger partial charge is 0.321 e. The van der Waals surface area contributed by atoms with Gasteiger partial charge in [-0.25, -0.2) is 4.79 Å². The van der Waals surface area contributed by atoms with E-state index in [1.807, 2.05) is 0 Å². The summed E-state index contributed by atoms with van der Waals surface area (Å²) >= 11 is 0. The normalized spacial score (nSPS) is 26.7. The van der Waals surface area contributed by atoms with Gasteiger partial charge >= 0.3 is 6.03 Å². The van der Waals surface area contributed by atoms with Gasteiger partial charge in [-0.1, -0.05) is 6.92 Å². The topological polar surface area (TPSA) is 58.2 Å². The first-order valence-electron chi connectivity index (χ1n) is 3.29. The third-order valence-electron chi connectivity index (χ3n) is 1.55. The van der Waals surface area contributed by atoms with E-state index in [1.54, 1.807) is 6.92 Å². The lowest BCUT2D eigenvalue weighted by Gasteiger charge is -2.01. The molecule has 10 heavy (non-hydrogen) atoms. The molecule has 1 aliphatic heterocycles. The third-order valence-corrected chi connectivity index (χ3v) is 1.55. The fraction of sp³-hybridized carbons (Fsp3) is 0.667. The van der Waals surface area contributed by atoms with E-state index >= 15 is 0 Å². The van der Waals surface area contributed by atoms with Gasteiger partial charge in [-0.05, 0) is 6.42 Å². The molecule has 0 bridgehead atoms. The number of urea groups is 1. The van der Waals surface area contributed by atoms with Crippen LogP contribution in [0.4, 0.5) is 4.79 Å². The number of carbonyl (C=O) groups excluding carboxylic acids is 2. The molecule has 0 aromatic heterocycles. The van der Waals surface area contributed by atoms with Crippen LogP contribution in [0.2, 0.25) is 0 Å². The Bertz CT molecular complexity index is 167. The van der Waals surface area contributed by atoms with Crippen LogP contribution < -0.4 is 10.6 Å². The summed E-state index contributed by atoms with van der Waals surface area (Å²) < 4.78 is 0. The van der Waals surface area contributed by atoms with Gasteiger partial charge in [0.2, 0.25) is 5.91 Å². The maximum Gasteiger partial charge on any atom is 0.321 e. The molecule has 1 saturated heterocycles. The van der Waals surface area contributed by atoms with Crippen molar-refractivity contribution in [2.45, 2.75) is 13.3 Å². The van der Waals surface area contributed by atoms with Gasteiger partial charge in [0, 0.05) is 12.5 Å². The predicted octanol–water partition coefficient (Wildman–Crippen LogP) is -0.148. The minimum atomic E-state index is -0.380. The second kappa shape index (κ2) is 2.68. The van der Waals surface area contributed by atoms with Crippen molar-refractivity contribution in [1.82, 2.24) is 10.6 Å². The highest BCUT2D eigenvalue weighted by Gasteiger charge is 2.18. The molecule has 3 amide bonds. The second-order valence-electron chi connectivity index (χ2n) is 2.43. The van der Waals surface area contributed by atoms with Gasteiger partial charge in [0.1, 0.15) is 0 Å². The first-order chi connectivity index (χ1) is 4.70. The molecule has 0 saturated carbocycles. The standard InChI is InChI=1S/C6H10N2O2/c1-4-2-3-7-6(10)8-5(4)9/h4H,2-3H2,1H3,(H2,7,8,9,10). The van der Waals surface area contributed by atoms with Crippen molar-refractivity contribution >= 4 is 11.9 Å². The number of rotatable bonds is 0. The van der Waals surface area contributed by atoms with Crippen LogP contribution in [0.25, 0.3) is 0 Å². The third kappa shape index (κ3) is 1.46. The first-order valence-corrected chi connectivity index (χ1v) is 3.29. The highest BCUT2D eigenvalue weighted by atomic mass is 16.2. The molecular weight excluding hydrogens is 132 g/mol. The van der Waals surface area contributed by atoms with E-state index in [0.717, 1.165) is 6.42 Å². The van der Waals surface area contributed by atoms with Crippen molar-refractivity contribution in [3.8, 4) is 0 Å². The van der Waals surface area contributed by atoms with Crippen LogP contribution in [0.1, 0.15) is 13.3 Å². The number of imide groups is 1. The molecule has 0 radical (unpaired) electrons. The van der Waals surface area contributed by atoms with Gasteiger partial charge in [-0.15, -0.1) is 0 Å². The minimum Gasteiger partial charge on any atom is -0.338 e. The molecule has 4 heteroatoms. The average molecular weight is 142 g/mol. The number of hydrogen-bond donors (Lipinski definition) is 2. The van der Waals surface area contributed by atoms with Crippen molar-refractivity contribution in [3.05, 3.63) is 0 Å². The van der Waals surface area contributed by atoms with Gasteiger partial charge in [0.15, 0.2) is 0 Å². The molecule has 0 aliphatic carbocycles. The van der Waals surface area contributed by atoms with Gasteiger partial charge in [0.05, 0.1) is 0 Å². The maximum atomic E-state index is 10.9. The minimum absolute atomic E-state index is 0.0565. The van der Waals surface area contributed by atoms with Gasteiger partial charge < -0.3 is 5.32 Å². The van der Waals surface area contributed by atoms with E-state index in [0.29, 0.717) is 6.54 Å². The van der Waals surface area contributed by atoms with Crippen LogP contribution >= 0.6 is 0 Å². The summed E-state index contributed by atoms with van der Waals surface area (Å²) in [6, 6.07) is -0.380.